The highest BCUT2D eigenvalue weighted by atomic mass is 16.3. The van der Waals surface area contributed by atoms with Crippen LogP contribution >= 0.6 is 0 Å². The lowest BCUT2D eigenvalue weighted by Gasteiger charge is -2.16. The van der Waals surface area contributed by atoms with Crippen molar-refractivity contribution in [2.75, 3.05) is 6.54 Å². The molecule has 1 aromatic carbocycles. The molecule has 0 spiro atoms. The monoisotopic (exact) mass is 243 g/mol. The molecule has 0 bridgehead atoms. The van der Waals surface area contributed by atoms with E-state index in [2.05, 4.69) is 49.5 Å². The van der Waals surface area contributed by atoms with E-state index in [1.807, 2.05) is 13.2 Å². The first-order valence-electron chi connectivity index (χ1n) is 6.53. The lowest BCUT2D eigenvalue weighted by Crippen LogP contribution is -2.22. The van der Waals surface area contributed by atoms with Crippen LogP contribution < -0.4 is 5.32 Å². The van der Waals surface area contributed by atoms with E-state index in [9.17, 15) is 0 Å². The number of nitrogens with one attached hydrogen (secondary N) is 1. The van der Waals surface area contributed by atoms with E-state index in [1.165, 1.54) is 16.7 Å². The Kier molecular flexibility index (Phi) is 4.21. The molecule has 0 saturated heterocycles. The molecule has 2 aromatic rings. The zero-order chi connectivity index (χ0) is 13.0. The molecule has 0 amide bonds. The summed E-state index contributed by atoms with van der Waals surface area (Å²) >= 11 is 0. The highest BCUT2D eigenvalue weighted by Crippen LogP contribution is 2.21. The number of likely N-dealkylation sites (N-methyl/N-ethyl adjacent to an activating group) is 1. The van der Waals surface area contributed by atoms with E-state index in [4.69, 9.17) is 4.42 Å². The fourth-order valence-corrected chi connectivity index (χ4v) is 2.16. The number of aryl methyl sites for hydroxylation is 2. The van der Waals surface area contributed by atoms with Gasteiger partial charge in [0.25, 0.3) is 0 Å². The average Bonchev–Trinajstić information content (AvgIpc) is 2.78. The van der Waals surface area contributed by atoms with Crippen LogP contribution in [0.3, 0.4) is 0 Å². The Morgan fingerprint density at radius 1 is 1.17 bits per heavy atom. The number of rotatable bonds is 5. The van der Waals surface area contributed by atoms with Crippen LogP contribution in [0.2, 0.25) is 0 Å². The van der Waals surface area contributed by atoms with Crippen LogP contribution in [-0.2, 0) is 6.42 Å². The van der Waals surface area contributed by atoms with E-state index in [-0.39, 0.29) is 0 Å². The molecule has 2 heteroatoms. The smallest absolute Gasteiger partial charge is 0.101 e. The molecule has 1 aromatic heterocycles. The molecule has 96 valence electrons. The van der Waals surface area contributed by atoms with E-state index >= 15 is 0 Å². The summed E-state index contributed by atoms with van der Waals surface area (Å²) in [4.78, 5) is 0. The van der Waals surface area contributed by atoms with Crippen molar-refractivity contribution in [3.8, 4) is 0 Å². The van der Waals surface area contributed by atoms with Crippen LogP contribution in [0.1, 0.15) is 35.4 Å². The molecule has 0 aliphatic heterocycles. The topological polar surface area (TPSA) is 25.2 Å². The van der Waals surface area contributed by atoms with E-state index in [1.54, 1.807) is 0 Å². The molecule has 2 rings (SSSR count). The lowest BCUT2D eigenvalue weighted by molar-refractivity contribution is 0.511. The third kappa shape index (κ3) is 3.23. The van der Waals surface area contributed by atoms with Crippen LogP contribution in [0, 0.1) is 13.8 Å². The summed E-state index contributed by atoms with van der Waals surface area (Å²) in [5.74, 6) is 0.969. The van der Waals surface area contributed by atoms with Gasteiger partial charge >= 0.3 is 0 Å². The second-order valence-corrected chi connectivity index (χ2v) is 4.79. The molecule has 1 heterocycles. The molecule has 0 aliphatic rings. The van der Waals surface area contributed by atoms with Gasteiger partial charge in [0, 0.05) is 11.6 Å². The predicted molar refractivity (Wildman–Crippen MR) is 74.7 cm³/mol. The summed E-state index contributed by atoms with van der Waals surface area (Å²) in [6.45, 7) is 7.19. The van der Waals surface area contributed by atoms with Gasteiger partial charge in [-0.2, -0.15) is 0 Å². The van der Waals surface area contributed by atoms with Gasteiger partial charge in [0.15, 0.2) is 0 Å². The molecule has 0 fully saturated rings. The second kappa shape index (κ2) is 5.87. The van der Waals surface area contributed by atoms with Gasteiger partial charge in [-0.1, -0.05) is 36.8 Å². The number of benzene rings is 1. The number of furan rings is 1. The molecule has 0 radical (unpaired) electrons. The van der Waals surface area contributed by atoms with Crippen molar-refractivity contribution in [2.45, 2.75) is 33.2 Å². The number of hydrogen-bond acceptors (Lipinski definition) is 2. The van der Waals surface area contributed by atoms with E-state index in [0.29, 0.717) is 6.04 Å². The van der Waals surface area contributed by atoms with Crippen LogP contribution in [0.15, 0.2) is 41.0 Å². The molecule has 1 N–H and O–H groups in total. The maximum absolute atomic E-state index is 5.41. The quantitative estimate of drug-likeness (QED) is 0.864. The van der Waals surface area contributed by atoms with Crippen LogP contribution in [0.25, 0.3) is 0 Å². The Labute approximate surface area is 109 Å². The Morgan fingerprint density at radius 3 is 2.44 bits per heavy atom. The summed E-state index contributed by atoms with van der Waals surface area (Å²) in [6.07, 6.45) is 2.85. The first-order valence-corrected chi connectivity index (χ1v) is 6.53. The van der Waals surface area contributed by atoms with Gasteiger partial charge in [-0.25, -0.2) is 0 Å². The predicted octanol–water partition coefficient (Wildman–Crippen LogP) is 3.79. The van der Waals surface area contributed by atoms with Crippen LogP contribution in [0.5, 0.6) is 0 Å². The second-order valence-electron chi connectivity index (χ2n) is 4.79. The molecule has 0 saturated carbocycles. The summed E-state index contributed by atoms with van der Waals surface area (Å²) in [7, 11) is 0. The third-order valence-corrected chi connectivity index (χ3v) is 3.16. The fraction of sp³-hybridized carbons (Fsp3) is 0.375. The van der Waals surface area contributed by atoms with Gasteiger partial charge in [0.05, 0.1) is 6.26 Å². The van der Waals surface area contributed by atoms with Crippen molar-refractivity contribution in [3.63, 3.8) is 0 Å². The van der Waals surface area contributed by atoms with Crippen molar-refractivity contribution >= 4 is 0 Å². The van der Waals surface area contributed by atoms with Gasteiger partial charge in [0.1, 0.15) is 5.76 Å². The minimum atomic E-state index is 0.329. The zero-order valence-corrected chi connectivity index (χ0v) is 11.4. The van der Waals surface area contributed by atoms with Crippen molar-refractivity contribution in [2.24, 2.45) is 0 Å². The van der Waals surface area contributed by atoms with Crippen molar-refractivity contribution in [3.05, 3.63) is 59.0 Å². The van der Waals surface area contributed by atoms with Gasteiger partial charge in [-0.05, 0) is 38.4 Å². The van der Waals surface area contributed by atoms with Gasteiger partial charge in [-0.15, -0.1) is 0 Å². The highest BCUT2D eigenvalue weighted by Gasteiger charge is 2.13. The maximum Gasteiger partial charge on any atom is 0.101 e. The van der Waals surface area contributed by atoms with Crippen molar-refractivity contribution in [1.29, 1.82) is 0 Å². The first kappa shape index (κ1) is 12.9. The minimum absolute atomic E-state index is 0.329. The summed E-state index contributed by atoms with van der Waals surface area (Å²) in [5, 5.41) is 3.52. The highest BCUT2D eigenvalue weighted by molar-refractivity contribution is 5.25. The molecular weight excluding hydrogens is 222 g/mol. The average molecular weight is 243 g/mol. The number of hydrogen-bond donors (Lipinski definition) is 1. The molecule has 18 heavy (non-hydrogen) atoms. The first-order chi connectivity index (χ1) is 8.69. The molecule has 1 atom stereocenters. The van der Waals surface area contributed by atoms with Gasteiger partial charge in [0.2, 0.25) is 0 Å². The molecular formula is C16H21NO. The Hall–Kier alpha value is -1.54. The molecule has 0 aliphatic carbocycles. The van der Waals surface area contributed by atoms with Crippen molar-refractivity contribution in [1.82, 2.24) is 5.32 Å². The maximum atomic E-state index is 5.41. The van der Waals surface area contributed by atoms with Gasteiger partial charge in [-0.3, -0.25) is 0 Å². The van der Waals surface area contributed by atoms with Crippen molar-refractivity contribution < 1.29 is 4.42 Å². The Morgan fingerprint density at radius 2 is 1.89 bits per heavy atom. The molecule has 2 nitrogen and oxygen atoms in total. The van der Waals surface area contributed by atoms with E-state index < -0.39 is 0 Å². The van der Waals surface area contributed by atoms with Gasteiger partial charge < -0.3 is 9.73 Å². The largest absolute Gasteiger partial charge is 0.469 e. The zero-order valence-electron chi connectivity index (χ0n) is 11.4. The van der Waals surface area contributed by atoms with E-state index in [0.717, 1.165) is 18.7 Å². The standard InChI is InChI=1S/C16H21NO/c1-4-17-16(15-9-13(3)18-11-15)10-14-7-5-12(2)6-8-14/h5-9,11,16-17H,4,10H2,1-3H3. The Bertz CT molecular complexity index is 484. The Balaban J connectivity index is 2.13. The minimum Gasteiger partial charge on any atom is -0.469 e. The fourth-order valence-electron chi connectivity index (χ4n) is 2.16. The third-order valence-electron chi connectivity index (χ3n) is 3.16. The molecule has 1 unspecified atom stereocenters. The SMILES string of the molecule is CCNC(Cc1ccc(C)cc1)c1coc(C)c1. The summed E-state index contributed by atoms with van der Waals surface area (Å²) < 4.78 is 5.41. The summed E-state index contributed by atoms with van der Waals surface area (Å²) in [6, 6.07) is 11.2. The van der Waals surface area contributed by atoms with Crippen LogP contribution in [-0.4, -0.2) is 6.54 Å². The summed E-state index contributed by atoms with van der Waals surface area (Å²) in [5.41, 5.74) is 3.89. The van der Waals surface area contributed by atoms with Crippen LogP contribution in [0.4, 0.5) is 0 Å². The lowest BCUT2D eigenvalue weighted by atomic mass is 10.00. The normalized spacial score (nSPS) is 12.6.